The Morgan fingerprint density at radius 1 is 1.35 bits per heavy atom. The van der Waals surface area contributed by atoms with Gasteiger partial charge in [-0.3, -0.25) is 4.79 Å². The van der Waals surface area contributed by atoms with Crippen molar-refractivity contribution >= 4 is 11.6 Å². The van der Waals surface area contributed by atoms with Crippen LogP contribution in [0.25, 0.3) is 0 Å². The Kier molecular flexibility index (Phi) is 5.10. The van der Waals surface area contributed by atoms with Crippen molar-refractivity contribution in [1.82, 2.24) is 5.32 Å². The summed E-state index contributed by atoms with van der Waals surface area (Å²) in [4.78, 5) is 11.6. The van der Waals surface area contributed by atoms with E-state index in [1.54, 1.807) is 12.1 Å². The molecule has 0 bridgehead atoms. The van der Waals surface area contributed by atoms with Crippen LogP contribution in [0.15, 0.2) is 24.3 Å². The van der Waals surface area contributed by atoms with Gasteiger partial charge in [-0.15, -0.1) is 0 Å². The van der Waals surface area contributed by atoms with Crippen LogP contribution >= 0.6 is 0 Å². The van der Waals surface area contributed by atoms with Crippen LogP contribution in [0.2, 0.25) is 0 Å². The van der Waals surface area contributed by atoms with E-state index in [1.165, 1.54) is 12.1 Å². The molecule has 1 rings (SSSR count). The van der Waals surface area contributed by atoms with Gasteiger partial charge in [-0.1, -0.05) is 19.9 Å². The Morgan fingerprint density at radius 2 is 2.06 bits per heavy atom. The summed E-state index contributed by atoms with van der Waals surface area (Å²) in [7, 11) is 0. The third-order valence-corrected chi connectivity index (χ3v) is 2.69. The Labute approximate surface area is 101 Å². The molecule has 1 atom stereocenters. The molecule has 0 fully saturated rings. The first-order valence-electron chi connectivity index (χ1n) is 5.78. The molecular weight excluding hydrogens is 219 g/mol. The van der Waals surface area contributed by atoms with Gasteiger partial charge in [0.15, 0.2) is 0 Å². The average Bonchev–Trinajstić information content (AvgIpc) is 2.25. The summed E-state index contributed by atoms with van der Waals surface area (Å²) in [6, 6.07) is 6.13. The monoisotopic (exact) mass is 238 g/mol. The summed E-state index contributed by atoms with van der Waals surface area (Å²) in [5.74, 6) is -0.0497. The maximum Gasteiger partial charge on any atom is 0.238 e. The first-order valence-corrected chi connectivity index (χ1v) is 5.78. The first kappa shape index (κ1) is 13.6. The lowest BCUT2D eigenvalue weighted by Crippen LogP contribution is -2.37. The number of nitrogens with one attached hydrogen (secondary N) is 2. The summed E-state index contributed by atoms with van der Waals surface area (Å²) >= 11 is 0. The van der Waals surface area contributed by atoms with E-state index in [4.69, 9.17) is 0 Å². The summed E-state index contributed by atoms with van der Waals surface area (Å²) in [6.07, 6.45) is 0. The van der Waals surface area contributed by atoms with Crippen LogP contribution in [0.4, 0.5) is 10.1 Å². The molecule has 17 heavy (non-hydrogen) atoms. The van der Waals surface area contributed by atoms with Crippen molar-refractivity contribution in [1.29, 1.82) is 0 Å². The lowest BCUT2D eigenvalue weighted by Gasteiger charge is -2.17. The molecule has 0 heterocycles. The van der Waals surface area contributed by atoms with E-state index < -0.39 is 0 Å². The molecule has 1 amide bonds. The molecule has 0 radical (unpaired) electrons. The van der Waals surface area contributed by atoms with Gasteiger partial charge in [0.25, 0.3) is 0 Å². The van der Waals surface area contributed by atoms with Crippen LogP contribution in [0.5, 0.6) is 0 Å². The van der Waals surface area contributed by atoms with Gasteiger partial charge in [0.2, 0.25) is 5.91 Å². The molecule has 1 aromatic rings. The smallest absolute Gasteiger partial charge is 0.238 e. The molecule has 3 nitrogen and oxygen atoms in total. The minimum atomic E-state index is -0.355. The number of rotatable bonds is 5. The van der Waals surface area contributed by atoms with Gasteiger partial charge < -0.3 is 10.6 Å². The highest BCUT2D eigenvalue weighted by atomic mass is 19.1. The second-order valence-electron chi connectivity index (χ2n) is 4.47. The molecule has 0 aliphatic rings. The third-order valence-electron chi connectivity index (χ3n) is 2.69. The van der Waals surface area contributed by atoms with Crippen molar-refractivity contribution in [2.45, 2.75) is 26.8 Å². The predicted octanol–water partition coefficient (Wildman–Crippen LogP) is 2.40. The van der Waals surface area contributed by atoms with Gasteiger partial charge in [-0.2, -0.15) is 0 Å². The zero-order valence-electron chi connectivity index (χ0n) is 10.5. The Bertz CT molecular complexity index is 379. The third kappa shape index (κ3) is 4.95. The molecular formula is C13H19FN2O. The molecule has 4 heteroatoms. The molecule has 2 N–H and O–H groups in total. The van der Waals surface area contributed by atoms with Gasteiger partial charge in [-0.25, -0.2) is 4.39 Å². The number of anilines is 1. The van der Waals surface area contributed by atoms with E-state index in [0.717, 1.165) is 0 Å². The summed E-state index contributed by atoms with van der Waals surface area (Å²) in [5.41, 5.74) is 0.481. The van der Waals surface area contributed by atoms with E-state index in [1.807, 2.05) is 6.92 Å². The number of benzene rings is 1. The number of carbonyl (C=O) groups is 1. The molecule has 0 aliphatic carbocycles. The molecule has 0 spiro atoms. The largest absolute Gasteiger partial charge is 0.325 e. The first-order chi connectivity index (χ1) is 7.99. The van der Waals surface area contributed by atoms with Crippen LogP contribution in [0, 0.1) is 11.7 Å². The standard InChI is InChI=1S/C13H19FN2O/c1-9(2)10(3)15-8-13(17)16-12-6-4-5-11(14)7-12/h4-7,9-10,15H,8H2,1-3H3,(H,16,17). The van der Waals surface area contributed by atoms with Gasteiger partial charge in [0, 0.05) is 11.7 Å². The zero-order valence-corrected chi connectivity index (χ0v) is 10.5. The van der Waals surface area contributed by atoms with Gasteiger partial charge in [0.1, 0.15) is 5.82 Å². The molecule has 0 saturated carbocycles. The minimum Gasteiger partial charge on any atom is -0.325 e. The molecule has 0 aliphatic heterocycles. The van der Waals surface area contributed by atoms with Crippen LogP contribution < -0.4 is 10.6 Å². The van der Waals surface area contributed by atoms with E-state index in [-0.39, 0.29) is 24.3 Å². The fourth-order valence-electron chi connectivity index (χ4n) is 1.26. The van der Waals surface area contributed by atoms with E-state index in [0.29, 0.717) is 11.6 Å². The SMILES string of the molecule is CC(C)C(C)NCC(=O)Nc1cccc(F)c1. The molecule has 0 aromatic heterocycles. The molecule has 1 aromatic carbocycles. The van der Waals surface area contributed by atoms with Crippen LogP contribution in [-0.4, -0.2) is 18.5 Å². The number of carbonyl (C=O) groups excluding carboxylic acids is 1. The zero-order chi connectivity index (χ0) is 12.8. The lowest BCUT2D eigenvalue weighted by molar-refractivity contribution is -0.115. The normalized spacial score (nSPS) is 12.5. The number of hydrogen-bond donors (Lipinski definition) is 2. The Balaban J connectivity index is 2.40. The van der Waals surface area contributed by atoms with Crippen molar-refractivity contribution < 1.29 is 9.18 Å². The summed E-state index contributed by atoms with van der Waals surface area (Å²) in [5, 5.41) is 5.75. The van der Waals surface area contributed by atoms with Gasteiger partial charge >= 0.3 is 0 Å². The van der Waals surface area contributed by atoms with E-state index in [9.17, 15) is 9.18 Å². The molecule has 1 unspecified atom stereocenters. The highest BCUT2D eigenvalue weighted by Crippen LogP contribution is 2.08. The minimum absolute atomic E-state index is 0.164. The molecule has 94 valence electrons. The van der Waals surface area contributed by atoms with Crippen LogP contribution in [0.3, 0.4) is 0 Å². The van der Waals surface area contributed by atoms with Crippen molar-refractivity contribution in [3.8, 4) is 0 Å². The molecule has 0 saturated heterocycles. The maximum absolute atomic E-state index is 12.9. The lowest BCUT2D eigenvalue weighted by atomic mass is 10.1. The summed E-state index contributed by atoms with van der Waals surface area (Å²) in [6.45, 7) is 6.43. The van der Waals surface area contributed by atoms with Crippen molar-refractivity contribution in [2.24, 2.45) is 5.92 Å². The predicted molar refractivity (Wildman–Crippen MR) is 67.3 cm³/mol. The summed E-state index contributed by atoms with van der Waals surface area (Å²) < 4.78 is 12.9. The van der Waals surface area contributed by atoms with Gasteiger partial charge in [0.05, 0.1) is 6.54 Å². The maximum atomic E-state index is 12.9. The second-order valence-corrected chi connectivity index (χ2v) is 4.47. The second kappa shape index (κ2) is 6.35. The fraction of sp³-hybridized carbons (Fsp3) is 0.462. The number of amides is 1. The van der Waals surface area contributed by atoms with E-state index in [2.05, 4.69) is 24.5 Å². The van der Waals surface area contributed by atoms with Crippen LogP contribution in [-0.2, 0) is 4.79 Å². The topological polar surface area (TPSA) is 41.1 Å². The number of hydrogen-bond acceptors (Lipinski definition) is 2. The Morgan fingerprint density at radius 3 is 2.65 bits per heavy atom. The highest BCUT2D eigenvalue weighted by molar-refractivity contribution is 5.92. The quantitative estimate of drug-likeness (QED) is 0.827. The average molecular weight is 238 g/mol. The van der Waals surface area contributed by atoms with E-state index >= 15 is 0 Å². The number of halogens is 1. The van der Waals surface area contributed by atoms with Gasteiger partial charge in [-0.05, 0) is 31.0 Å². The highest BCUT2D eigenvalue weighted by Gasteiger charge is 2.08. The van der Waals surface area contributed by atoms with Crippen molar-refractivity contribution in [3.05, 3.63) is 30.1 Å². The van der Waals surface area contributed by atoms with Crippen molar-refractivity contribution in [3.63, 3.8) is 0 Å². The van der Waals surface area contributed by atoms with Crippen molar-refractivity contribution in [2.75, 3.05) is 11.9 Å². The fourth-order valence-corrected chi connectivity index (χ4v) is 1.26. The Hall–Kier alpha value is -1.42. The van der Waals surface area contributed by atoms with Crippen LogP contribution in [0.1, 0.15) is 20.8 Å².